The van der Waals surface area contributed by atoms with Gasteiger partial charge in [0.25, 0.3) is 0 Å². The van der Waals surface area contributed by atoms with E-state index in [0.717, 1.165) is 24.7 Å². The highest BCUT2D eigenvalue weighted by molar-refractivity contribution is 6.36. The molecule has 92 valence electrons. The quantitative estimate of drug-likeness (QED) is 0.552. The first-order valence-corrected chi connectivity index (χ1v) is 6.22. The zero-order valence-corrected chi connectivity index (χ0v) is 11.3. The summed E-state index contributed by atoms with van der Waals surface area (Å²) in [4.78, 5) is 15.0. The van der Waals surface area contributed by atoms with E-state index in [9.17, 15) is 4.79 Å². The summed E-state index contributed by atoms with van der Waals surface area (Å²) in [6, 6.07) is 0.0284. The molecule has 0 aliphatic carbocycles. The van der Waals surface area contributed by atoms with Crippen molar-refractivity contribution in [3.05, 3.63) is 33.9 Å². The van der Waals surface area contributed by atoms with E-state index in [1.54, 1.807) is 6.21 Å². The number of halogens is 1. The van der Waals surface area contributed by atoms with Crippen LogP contribution in [-0.2, 0) is 4.79 Å². The Balaban J connectivity index is 2.92. The molecule has 3 heteroatoms. The summed E-state index contributed by atoms with van der Waals surface area (Å²) in [6.07, 6.45) is 8.43. The highest BCUT2D eigenvalue weighted by atomic mass is 35.5. The number of carbonyl (C=O) groups is 1. The van der Waals surface area contributed by atoms with Gasteiger partial charge in [-0.2, -0.15) is 0 Å². The molecule has 0 amide bonds. The van der Waals surface area contributed by atoms with Gasteiger partial charge < -0.3 is 0 Å². The Morgan fingerprint density at radius 1 is 1.59 bits per heavy atom. The van der Waals surface area contributed by atoms with Gasteiger partial charge in [-0.25, -0.2) is 0 Å². The molecule has 0 aromatic rings. The first-order chi connectivity index (χ1) is 8.10. The Morgan fingerprint density at radius 3 is 2.88 bits per heavy atom. The molecular formula is C14H18ClNO. The lowest BCUT2D eigenvalue weighted by Crippen LogP contribution is -2.12. The molecule has 17 heavy (non-hydrogen) atoms. The summed E-state index contributed by atoms with van der Waals surface area (Å²) < 4.78 is 0. The zero-order valence-electron chi connectivity index (χ0n) is 10.5. The van der Waals surface area contributed by atoms with Gasteiger partial charge in [0.2, 0.25) is 0 Å². The second-order valence-electron chi connectivity index (χ2n) is 4.16. The lowest BCUT2D eigenvalue weighted by Gasteiger charge is -2.17. The molecule has 0 aromatic heterocycles. The molecule has 0 spiro atoms. The molecule has 0 N–H and O–H groups in total. The van der Waals surface area contributed by atoms with Gasteiger partial charge in [-0.3, -0.25) is 9.79 Å². The van der Waals surface area contributed by atoms with E-state index in [1.165, 1.54) is 5.57 Å². The molecule has 1 unspecified atom stereocenters. The fourth-order valence-electron chi connectivity index (χ4n) is 1.72. The molecule has 1 aliphatic heterocycles. The predicted octanol–water partition coefficient (Wildman–Crippen LogP) is 3.82. The maximum absolute atomic E-state index is 10.8. The molecule has 0 bridgehead atoms. The van der Waals surface area contributed by atoms with Crippen LogP contribution in [-0.4, -0.2) is 18.5 Å². The molecule has 2 nitrogen and oxygen atoms in total. The molecule has 0 fully saturated rings. The fraction of sp³-hybridized carbons (Fsp3) is 0.429. The summed E-state index contributed by atoms with van der Waals surface area (Å²) in [5.41, 5.74) is 2.71. The van der Waals surface area contributed by atoms with Gasteiger partial charge in [0.15, 0.2) is 6.29 Å². The van der Waals surface area contributed by atoms with Crippen LogP contribution in [0.5, 0.6) is 0 Å². The Labute approximate surface area is 108 Å². The van der Waals surface area contributed by atoms with Gasteiger partial charge in [-0.05, 0) is 32.3 Å². The molecule has 0 aromatic carbocycles. The number of carbonyl (C=O) groups excluding carboxylic acids is 1. The van der Waals surface area contributed by atoms with Crippen molar-refractivity contribution in [3.8, 4) is 0 Å². The van der Waals surface area contributed by atoms with Gasteiger partial charge in [0.05, 0.1) is 16.6 Å². The lowest BCUT2D eigenvalue weighted by atomic mass is 10.00. The first kappa shape index (κ1) is 13.9. The summed E-state index contributed by atoms with van der Waals surface area (Å²) in [5, 5.41) is 0.534. The van der Waals surface area contributed by atoms with Crippen LogP contribution in [0.3, 0.4) is 0 Å². The number of rotatable bonds is 4. The maximum Gasteiger partial charge on any atom is 0.153 e. The topological polar surface area (TPSA) is 29.4 Å². The highest BCUT2D eigenvalue weighted by Gasteiger charge is 2.17. The molecular weight excluding hydrogens is 234 g/mol. The van der Waals surface area contributed by atoms with Crippen molar-refractivity contribution >= 4 is 24.1 Å². The summed E-state index contributed by atoms with van der Waals surface area (Å²) in [6.45, 7) is 6.18. The Kier molecular flexibility index (Phi) is 5.36. The Morgan fingerprint density at radius 2 is 2.29 bits per heavy atom. The SMILES string of the molecule is CC/C=C(/C)C/C=C1/C(Cl)=C(C=O)C=NC1C. The molecule has 0 saturated carbocycles. The van der Waals surface area contributed by atoms with E-state index in [1.807, 2.05) is 6.92 Å². The van der Waals surface area contributed by atoms with E-state index in [0.29, 0.717) is 10.6 Å². The van der Waals surface area contributed by atoms with Crippen LogP contribution in [0.1, 0.15) is 33.6 Å². The van der Waals surface area contributed by atoms with Crippen molar-refractivity contribution in [1.29, 1.82) is 0 Å². The number of nitrogens with zero attached hydrogens (tertiary/aromatic N) is 1. The second kappa shape index (κ2) is 6.55. The minimum absolute atomic E-state index is 0.0284. The number of allylic oxidation sites excluding steroid dienone is 4. The Hall–Kier alpha value is -1.15. The molecule has 1 aliphatic rings. The zero-order chi connectivity index (χ0) is 12.8. The smallest absolute Gasteiger partial charge is 0.153 e. The second-order valence-corrected chi connectivity index (χ2v) is 4.54. The minimum atomic E-state index is 0.0284. The van der Waals surface area contributed by atoms with Crippen LogP contribution < -0.4 is 0 Å². The number of aldehydes is 1. The standard InChI is InChI=1S/C14H18ClNO/c1-4-5-10(2)6-7-13-11(3)16-8-12(9-17)14(13)15/h5,7-9,11H,4,6H2,1-3H3/b10-5-,13-7+. The normalized spacial score (nSPS) is 23.4. The van der Waals surface area contributed by atoms with Gasteiger partial charge >= 0.3 is 0 Å². The number of hydrogen-bond acceptors (Lipinski definition) is 2. The highest BCUT2D eigenvalue weighted by Crippen LogP contribution is 2.27. The molecule has 1 rings (SSSR count). The minimum Gasteiger partial charge on any atom is -0.298 e. The third kappa shape index (κ3) is 3.67. The van der Waals surface area contributed by atoms with Gasteiger partial charge in [0, 0.05) is 6.21 Å². The van der Waals surface area contributed by atoms with E-state index in [4.69, 9.17) is 11.6 Å². The summed E-state index contributed by atoms with van der Waals surface area (Å²) in [5.74, 6) is 0. The molecule has 1 atom stereocenters. The third-order valence-corrected chi connectivity index (χ3v) is 3.15. The fourth-order valence-corrected chi connectivity index (χ4v) is 2.05. The Bertz CT molecular complexity index is 416. The van der Waals surface area contributed by atoms with Crippen molar-refractivity contribution in [2.45, 2.75) is 39.7 Å². The first-order valence-electron chi connectivity index (χ1n) is 5.84. The predicted molar refractivity (Wildman–Crippen MR) is 73.6 cm³/mol. The van der Waals surface area contributed by atoms with Crippen molar-refractivity contribution in [3.63, 3.8) is 0 Å². The van der Waals surface area contributed by atoms with Crippen molar-refractivity contribution in [1.82, 2.24) is 0 Å². The van der Waals surface area contributed by atoms with Gasteiger partial charge in [-0.15, -0.1) is 0 Å². The van der Waals surface area contributed by atoms with Crippen LogP contribution in [0.4, 0.5) is 0 Å². The number of dihydropyridines is 1. The maximum atomic E-state index is 10.8. The van der Waals surface area contributed by atoms with E-state index >= 15 is 0 Å². The number of hydrogen-bond donors (Lipinski definition) is 0. The van der Waals surface area contributed by atoms with Crippen LogP contribution in [0.15, 0.2) is 38.9 Å². The summed E-state index contributed by atoms with van der Waals surface area (Å²) >= 11 is 6.17. The average molecular weight is 252 g/mol. The lowest BCUT2D eigenvalue weighted by molar-refractivity contribution is -0.104. The van der Waals surface area contributed by atoms with E-state index < -0.39 is 0 Å². The van der Waals surface area contributed by atoms with Crippen molar-refractivity contribution in [2.75, 3.05) is 0 Å². The van der Waals surface area contributed by atoms with Crippen molar-refractivity contribution in [2.24, 2.45) is 4.99 Å². The largest absolute Gasteiger partial charge is 0.298 e. The van der Waals surface area contributed by atoms with Crippen LogP contribution in [0.25, 0.3) is 0 Å². The molecule has 0 saturated heterocycles. The number of aliphatic imine (C=N–C) groups is 1. The summed E-state index contributed by atoms with van der Waals surface area (Å²) in [7, 11) is 0. The van der Waals surface area contributed by atoms with Gasteiger partial charge in [0.1, 0.15) is 0 Å². The van der Waals surface area contributed by atoms with E-state index in [2.05, 4.69) is 31.0 Å². The van der Waals surface area contributed by atoms with E-state index in [-0.39, 0.29) is 6.04 Å². The van der Waals surface area contributed by atoms with Gasteiger partial charge in [-0.1, -0.05) is 36.2 Å². The van der Waals surface area contributed by atoms with Crippen molar-refractivity contribution < 1.29 is 4.79 Å². The van der Waals surface area contributed by atoms with Crippen LogP contribution in [0, 0.1) is 0 Å². The molecule has 1 heterocycles. The average Bonchev–Trinajstić information content (AvgIpc) is 2.29. The van der Waals surface area contributed by atoms with Crippen LogP contribution in [0.2, 0.25) is 0 Å². The van der Waals surface area contributed by atoms with Crippen LogP contribution >= 0.6 is 11.6 Å². The third-order valence-electron chi connectivity index (χ3n) is 2.72. The molecule has 0 radical (unpaired) electrons. The monoisotopic (exact) mass is 251 g/mol.